The van der Waals surface area contributed by atoms with Gasteiger partial charge in [0.2, 0.25) is 5.91 Å². The van der Waals surface area contributed by atoms with Crippen molar-refractivity contribution in [3.8, 4) is 5.75 Å². The summed E-state index contributed by atoms with van der Waals surface area (Å²) in [5.41, 5.74) is 2.42. The van der Waals surface area contributed by atoms with Crippen LogP contribution in [0.15, 0.2) is 30.3 Å². The van der Waals surface area contributed by atoms with Gasteiger partial charge in [-0.3, -0.25) is 14.7 Å². The molecule has 1 aromatic heterocycles. The number of carbonyl (C=O) groups excluding carboxylic acids is 2. The van der Waals surface area contributed by atoms with Crippen molar-refractivity contribution in [3.05, 3.63) is 47.3 Å². The molecule has 7 heteroatoms. The number of hydrogen-bond acceptors (Lipinski definition) is 4. The number of rotatable bonds is 8. The molecule has 1 saturated heterocycles. The zero-order valence-corrected chi connectivity index (χ0v) is 18.1. The summed E-state index contributed by atoms with van der Waals surface area (Å²) in [7, 11) is 1.62. The molecule has 1 aliphatic heterocycles. The van der Waals surface area contributed by atoms with E-state index in [0.717, 1.165) is 42.8 Å². The lowest BCUT2D eigenvalue weighted by molar-refractivity contribution is -0.120. The smallest absolute Gasteiger partial charge is 0.274 e. The number of aromatic amines is 1. The predicted molar refractivity (Wildman–Crippen MR) is 115 cm³/mol. The molecule has 162 valence electrons. The van der Waals surface area contributed by atoms with Crippen LogP contribution in [0.1, 0.15) is 48.4 Å². The third-order valence-electron chi connectivity index (χ3n) is 5.40. The van der Waals surface area contributed by atoms with Crippen molar-refractivity contribution in [3.63, 3.8) is 0 Å². The number of nitrogens with one attached hydrogen (secondary N) is 2. The van der Waals surface area contributed by atoms with Crippen molar-refractivity contribution in [1.29, 1.82) is 0 Å². The van der Waals surface area contributed by atoms with Gasteiger partial charge in [-0.25, -0.2) is 0 Å². The number of ether oxygens (including phenoxy) is 1. The van der Waals surface area contributed by atoms with Gasteiger partial charge in [-0.15, -0.1) is 0 Å². The van der Waals surface area contributed by atoms with Gasteiger partial charge < -0.3 is 15.0 Å². The second kappa shape index (κ2) is 10.3. The Balaban J connectivity index is 1.47. The van der Waals surface area contributed by atoms with E-state index in [4.69, 9.17) is 4.74 Å². The molecule has 2 heterocycles. The molecule has 0 aliphatic carbocycles. The number of carbonyl (C=O) groups is 2. The van der Waals surface area contributed by atoms with Gasteiger partial charge in [0.05, 0.1) is 13.5 Å². The molecule has 2 amide bonds. The van der Waals surface area contributed by atoms with E-state index in [1.165, 1.54) is 0 Å². The molecule has 2 aromatic rings. The SMILES string of the molecule is COc1ccc(CC(=O)NC[C@H]2CCCN(C(=O)c3cc(CC(C)C)[nH]n3)C2)cc1. The number of benzene rings is 1. The molecule has 2 N–H and O–H groups in total. The van der Waals surface area contributed by atoms with Crippen molar-refractivity contribution in [2.45, 2.75) is 39.5 Å². The lowest BCUT2D eigenvalue weighted by atomic mass is 9.97. The first-order valence-corrected chi connectivity index (χ1v) is 10.7. The molecule has 30 heavy (non-hydrogen) atoms. The highest BCUT2D eigenvalue weighted by atomic mass is 16.5. The van der Waals surface area contributed by atoms with Crippen molar-refractivity contribution < 1.29 is 14.3 Å². The van der Waals surface area contributed by atoms with Gasteiger partial charge in [0.15, 0.2) is 0 Å². The van der Waals surface area contributed by atoms with Gasteiger partial charge in [0.25, 0.3) is 5.91 Å². The number of H-pyrrole nitrogens is 1. The summed E-state index contributed by atoms with van der Waals surface area (Å²) < 4.78 is 5.14. The maximum absolute atomic E-state index is 12.8. The fraction of sp³-hybridized carbons (Fsp3) is 0.522. The van der Waals surface area contributed by atoms with Crippen LogP contribution < -0.4 is 10.1 Å². The topological polar surface area (TPSA) is 87.3 Å². The summed E-state index contributed by atoms with van der Waals surface area (Å²) in [6.45, 7) is 6.24. The van der Waals surface area contributed by atoms with Crippen LogP contribution in [0.4, 0.5) is 0 Å². The van der Waals surface area contributed by atoms with Crippen LogP contribution in [-0.4, -0.2) is 53.7 Å². The summed E-state index contributed by atoms with van der Waals surface area (Å²) in [5.74, 6) is 1.51. The van der Waals surface area contributed by atoms with E-state index in [-0.39, 0.29) is 17.7 Å². The molecule has 1 atom stereocenters. The van der Waals surface area contributed by atoms with Crippen LogP contribution in [-0.2, 0) is 17.6 Å². The molecule has 0 saturated carbocycles. The Morgan fingerprint density at radius 2 is 2.07 bits per heavy atom. The molecule has 3 rings (SSSR count). The Bertz CT molecular complexity index is 844. The highest BCUT2D eigenvalue weighted by Crippen LogP contribution is 2.19. The molecule has 1 aliphatic rings. The second-order valence-corrected chi connectivity index (χ2v) is 8.46. The Kier molecular flexibility index (Phi) is 7.49. The average molecular weight is 413 g/mol. The largest absolute Gasteiger partial charge is 0.497 e. The van der Waals surface area contributed by atoms with E-state index in [0.29, 0.717) is 31.1 Å². The van der Waals surface area contributed by atoms with Crippen molar-refractivity contribution in [2.24, 2.45) is 11.8 Å². The Hall–Kier alpha value is -2.83. The zero-order chi connectivity index (χ0) is 21.5. The van der Waals surface area contributed by atoms with E-state index in [1.807, 2.05) is 35.2 Å². The number of nitrogens with zero attached hydrogens (tertiary/aromatic N) is 2. The maximum Gasteiger partial charge on any atom is 0.274 e. The van der Waals surface area contributed by atoms with Crippen LogP contribution in [0.2, 0.25) is 0 Å². The molecule has 0 radical (unpaired) electrons. The zero-order valence-electron chi connectivity index (χ0n) is 18.1. The third-order valence-corrected chi connectivity index (χ3v) is 5.40. The molecular formula is C23H32N4O3. The molecule has 1 aromatic carbocycles. The second-order valence-electron chi connectivity index (χ2n) is 8.46. The first-order chi connectivity index (χ1) is 14.4. The van der Waals surface area contributed by atoms with Crippen LogP contribution in [0, 0.1) is 11.8 Å². The Morgan fingerprint density at radius 1 is 1.30 bits per heavy atom. The molecule has 0 spiro atoms. The monoisotopic (exact) mass is 412 g/mol. The van der Waals surface area contributed by atoms with Gasteiger partial charge in [-0.05, 0) is 54.9 Å². The standard InChI is InChI=1S/C23H32N4O3/c1-16(2)11-19-13-21(26-25-19)23(29)27-10-4-5-18(15-27)14-24-22(28)12-17-6-8-20(30-3)9-7-17/h6-9,13,16,18H,4-5,10-12,14-15H2,1-3H3,(H,24,28)(H,25,26)/t18-/m1/s1. The van der Waals surface area contributed by atoms with Crippen molar-refractivity contribution >= 4 is 11.8 Å². The molecule has 0 unspecified atom stereocenters. The van der Waals surface area contributed by atoms with E-state index in [9.17, 15) is 9.59 Å². The minimum absolute atomic E-state index is 0.00533. The Morgan fingerprint density at radius 3 is 2.77 bits per heavy atom. The van der Waals surface area contributed by atoms with E-state index in [2.05, 4.69) is 29.4 Å². The normalized spacial score (nSPS) is 16.5. The Labute approximate surface area is 178 Å². The fourth-order valence-corrected chi connectivity index (χ4v) is 3.84. The van der Waals surface area contributed by atoms with Crippen molar-refractivity contribution in [1.82, 2.24) is 20.4 Å². The minimum Gasteiger partial charge on any atom is -0.497 e. The number of amides is 2. The first kappa shape index (κ1) is 21.9. The van der Waals surface area contributed by atoms with Gasteiger partial charge in [-0.2, -0.15) is 5.10 Å². The van der Waals surface area contributed by atoms with E-state index in [1.54, 1.807) is 7.11 Å². The highest BCUT2D eigenvalue weighted by molar-refractivity contribution is 5.92. The summed E-state index contributed by atoms with van der Waals surface area (Å²) in [4.78, 5) is 27.0. The quantitative estimate of drug-likeness (QED) is 0.698. The number of hydrogen-bond donors (Lipinski definition) is 2. The average Bonchev–Trinajstić information content (AvgIpc) is 3.20. The lowest BCUT2D eigenvalue weighted by Crippen LogP contribution is -2.44. The van der Waals surface area contributed by atoms with E-state index < -0.39 is 0 Å². The van der Waals surface area contributed by atoms with Crippen LogP contribution in [0.25, 0.3) is 0 Å². The molecule has 0 bridgehead atoms. The fourth-order valence-electron chi connectivity index (χ4n) is 3.84. The lowest BCUT2D eigenvalue weighted by Gasteiger charge is -2.32. The highest BCUT2D eigenvalue weighted by Gasteiger charge is 2.26. The van der Waals surface area contributed by atoms with Gasteiger partial charge in [-0.1, -0.05) is 26.0 Å². The predicted octanol–water partition coefficient (Wildman–Crippen LogP) is 2.83. The van der Waals surface area contributed by atoms with Crippen LogP contribution in [0.5, 0.6) is 5.75 Å². The first-order valence-electron chi connectivity index (χ1n) is 10.7. The summed E-state index contributed by atoms with van der Waals surface area (Å²) in [6, 6.07) is 9.37. The summed E-state index contributed by atoms with van der Waals surface area (Å²) in [5, 5.41) is 10.2. The van der Waals surface area contributed by atoms with Crippen LogP contribution in [0.3, 0.4) is 0 Å². The molecule has 7 nitrogen and oxygen atoms in total. The number of piperidine rings is 1. The summed E-state index contributed by atoms with van der Waals surface area (Å²) in [6.07, 6.45) is 3.16. The maximum atomic E-state index is 12.8. The van der Waals surface area contributed by atoms with Gasteiger partial charge >= 0.3 is 0 Å². The van der Waals surface area contributed by atoms with Crippen molar-refractivity contribution in [2.75, 3.05) is 26.7 Å². The molecule has 1 fully saturated rings. The van der Waals surface area contributed by atoms with E-state index >= 15 is 0 Å². The van der Waals surface area contributed by atoms with Crippen LogP contribution >= 0.6 is 0 Å². The number of aromatic nitrogens is 2. The number of methoxy groups -OCH3 is 1. The third kappa shape index (κ3) is 6.08. The number of likely N-dealkylation sites (tertiary alicyclic amines) is 1. The van der Waals surface area contributed by atoms with Gasteiger partial charge in [0, 0.05) is 25.3 Å². The summed E-state index contributed by atoms with van der Waals surface area (Å²) >= 11 is 0. The minimum atomic E-state index is -0.0319. The van der Waals surface area contributed by atoms with Gasteiger partial charge in [0.1, 0.15) is 11.4 Å². The molecular weight excluding hydrogens is 380 g/mol.